The van der Waals surface area contributed by atoms with Crippen molar-refractivity contribution in [1.29, 1.82) is 5.26 Å². The van der Waals surface area contributed by atoms with Crippen molar-refractivity contribution < 1.29 is 8.78 Å². The lowest BCUT2D eigenvalue weighted by molar-refractivity contribution is 0.184. The van der Waals surface area contributed by atoms with Crippen molar-refractivity contribution in [1.82, 2.24) is 54.7 Å². The molecule has 0 aliphatic carbocycles. The Balaban J connectivity index is 0.000000167. The topological polar surface area (TPSA) is 189 Å². The van der Waals surface area contributed by atoms with Gasteiger partial charge < -0.3 is 30.4 Å². The number of aromatic amines is 2. The van der Waals surface area contributed by atoms with E-state index >= 15 is 0 Å². The summed E-state index contributed by atoms with van der Waals surface area (Å²) in [6.45, 7) is 5.65. The highest BCUT2D eigenvalue weighted by atomic mass is 35.5. The lowest BCUT2D eigenvalue weighted by Crippen LogP contribution is -2.39. The van der Waals surface area contributed by atoms with Crippen LogP contribution in [0.15, 0.2) is 67.8 Å². The number of hydrogen-bond acceptors (Lipinski definition) is 13. The van der Waals surface area contributed by atoms with E-state index in [1.54, 1.807) is 55.4 Å². The lowest BCUT2D eigenvalue weighted by atomic mass is 9.98. The van der Waals surface area contributed by atoms with Crippen LogP contribution in [0.2, 0.25) is 10.0 Å². The van der Waals surface area contributed by atoms with E-state index in [1.807, 2.05) is 0 Å². The number of nitriles is 1. The van der Waals surface area contributed by atoms with Gasteiger partial charge >= 0.3 is 0 Å². The minimum atomic E-state index is -0.487. The van der Waals surface area contributed by atoms with E-state index in [2.05, 4.69) is 76.3 Å². The Morgan fingerprint density at radius 1 is 0.733 bits per heavy atom. The second-order valence-electron chi connectivity index (χ2n) is 14.8. The Hall–Kier alpha value is -6.09. The largest absolute Gasteiger partial charge is 0.367 e. The first-order chi connectivity index (χ1) is 29.3. The predicted octanol–water partition coefficient (Wildman–Crippen LogP) is 7.78. The minimum absolute atomic E-state index is 0.183. The summed E-state index contributed by atoms with van der Waals surface area (Å²) < 4.78 is 28.7. The van der Waals surface area contributed by atoms with Crippen LogP contribution in [0.5, 0.6) is 0 Å². The number of H-pyrrole nitrogens is 2. The molecule has 2 fully saturated rings. The fraction of sp³-hybridized carbons (Fsp3) is 0.341. The van der Waals surface area contributed by atoms with Gasteiger partial charge in [0.2, 0.25) is 5.95 Å². The molecule has 2 atom stereocenters. The van der Waals surface area contributed by atoms with Crippen molar-refractivity contribution in [3.8, 4) is 28.8 Å². The molecule has 9 heterocycles. The van der Waals surface area contributed by atoms with Gasteiger partial charge in [-0.15, -0.1) is 0 Å². The highest BCUT2D eigenvalue weighted by molar-refractivity contribution is 6.31. The predicted molar refractivity (Wildman–Crippen MR) is 228 cm³/mol. The molecule has 0 radical (unpaired) electrons. The maximum atomic E-state index is 14.4. The normalized spacial score (nSPS) is 16.9. The molecule has 0 aromatic carbocycles. The maximum absolute atomic E-state index is 14.4. The molecule has 2 saturated heterocycles. The Bertz CT molecular complexity index is 2600. The molecule has 2 aliphatic rings. The highest BCUT2D eigenvalue weighted by Gasteiger charge is 2.23. The number of aromatic nitrogens is 10. The van der Waals surface area contributed by atoms with E-state index in [9.17, 15) is 8.78 Å². The molecule has 2 unspecified atom stereocenters. The van der Waals surface area contributed by atoms with Gasteiger partial charge in [0.1, 0.15) is 11.3 Å². The molecule has 2 aliphatic heterocycles. The van der Waals surface area contributed by atoms with Crippen molar-refractivity contribution in [2.45, 2.75) is 32.1 Å². The number of piperidine rings is 2. The number of anilines is 3. The van der Waals surface area contributed by atoms with Crippen LogP contribution in [-0.4, -0.2) is 101 Å². The molecule has 0 amide bonds. The van der Waals surface area contributed by atoms with Gasteiger partial charge in [-0.2, -0.15) is 5.26 Å². The zero-order valence-electron chi connectivity index (χ0n) is 32.4. The summed E-state index contributed by atoms with van der Waals surface area (Å²) in [4.78, 5) is 44.9. The van der Waals surface area contributed by atoms with Gasteiger partial charge in [-0.3, -0.25) is 0 Å². The third-order valence-electron chi connectivity index (χ3n) is 10.6. The molecule has 308 valence electrons. The molecule has 19 heteroatoms. The first-order valence-corrected chi connectivity index (χ1v) is 20.5. The van der Waals surface area contributed by atoms with Gasteiger partial charge in [0.05, 0.1) is 28.5 Å². The molecule has 4 N–H and O–H groups in total. The molecule has 60 heavy (non-hydrogen) atoms. The Morgan fingerprint density at radius 3 is 1.85 bits per heavy atom. The van der Waals surface area contributed by atoms with Gasteiger partial charge in [0, 0.05) is 105 Å². The van der Waals surface area contributed by atoms with Crippen LogP contribution in [0, 0.1) is 34.8 Å². The summed E-state index contributed by atoms with van der Waals surface area (Å²) in [7, 11) is 0. The van der Waals surface area contributed by atoms with E-state index in [0.717, 1.165) is 86.3 Å². The van der Waals surface area contributed by atoms with E-state index < -0.39 is 11.6 Å². The Labute approximate surface area is 354 Å². The fourth-order valence-electron chi connectivity index (χ4n) is 7.65. The van der Waals surface area contributed by atoms with Gasteiger partial charge in [-0.05, 0) is 62.3 Å². The molecular formula is C41H41Cl2F2N15. The second-order valence-corrected chi connectivity index (χ2v) is 15.6. The molecule has 15 nitrogen and oxygen atoms in total. The third-order valence-corrected chi connectivity index (χ3v) is 11.0. The quantitative estimate of drug-likeness (QED) is 0.0989. The van der Waals surface area contributed by atoms with Gasteiger partial charge in [-0.25, -0.2) is 48.7 Å². The smallest absolute Gasteiger partial charge is 0.225 e. The Kier molecular flexibility index (Phi) is 12.8. The number of hydrogen-bond donors (Lipinski definition) is 4. The van der Waals surface area contributed by atoms with Crippen molar-refractivity contribution in [3.63, 3.8) is 0 Å². The standard InChI is InChI=1S/C21H20ClFN8.C20H21ClFN7/c22-14-7-15-16(10-28-18(15)27-9-14)19-29-11-17(23)20(30-19)26-8-13-3-1-6-31(12-13)21-24-4-2-5-25-21;21-14-7-15-16(10-26-18(15)25-9-14)19-27-11-17(22)20(28-19)24-8-13-3-1-5-29(12-13)6-2-4-23/h2,4-5,7,9-11,13H,1,3,6,8,12H2,(H,27,28)(H,26,29,30);7,9-11,13H,1-3,5-6,8,12H2,(H,25,26)(H,24,27,28). The van der Waals surface area contributed by atoms with Crippen molar-refractivity contribution in [3.05, 3.63) is 89.5 Å². The van der Waals surface area contributed by atoms with E-state index in [-0.39, 0.29) is 11.6 Å². The number of nitrogens with zero attached hydrogens (tertiary/aromatic N) is 11. The van der Waals surface area contributed by atoms with Gasteiger partial charge in [0.25, 0.3) is 0 Å². The Morgan fingerprint density at radius 2 is 1.28 bits per heavy atom. The molecule has 0 spiro atoms. The molecule has 9 rings (SSSR count). The summed E-state index contributed by atoms with van der Waals surface area (Å²) >= 11 is 12.1. The summed E-state index contributed by atoms with van der Waals surface area (Å²) in [6, 6.07) is 7.57. The SMILES string of the molecule is Fc1cnc(-c2c[nH]c3ncc(Cl)cc23)nc1NCC1CCCN(c2ncccn2)C1.N#CCCN1CCCC(CNc2nc(-c3c[nH]c4ncc(Cl)cc34)ncc2F)C1. The van der Waals surface area contributed by atoms with Crippen LogP contribution in [0.25, 0.3) is 44.8 Å². The lowest BCUT2D eigenvalue weighted by Gasteiger charge is -2.32. The average Bonchev–Trinajstić information content (AvgIpc) is 3.90. The monoisotopic (exact) mass is 851 g/mol. The van der Waals surface area contributed by atoms with Crippen LogP contribution >= 0.6 is 23.2 Å². The van der Waals surface area contributed by atoms with E-state index in [4.69, 9.17) is 28.5 Å². The van der Waals surface area contributed by atoms with Crippen molar-refractivity contribution in [2.75, 3.05) is 61.3 Å². The van der Waals surface area contributed by atoms with Crippen LogP contribution < -0.4 is 15.5 Å². The van der Waals surface area contributed by atoms with Crippen LogP contribution in [0.3, 0.4) is 0 Å². The van der Waals surface area contributed by atoms with Gasteiger partial charge in [0.15, 0.2) is 34.9 Å². The molecule has 7 aromatic rings. The molecule has 7 aromatic heterocycles. The summed E-state index contributed by atoms with van der Waals surface area (Å²) in [5.74, 6) is 1.65. The number of halogens is 4. The summed E-state index contributed by atoms with van der Waals surface area (Å²) in [5.41, 5.74) is 2.79. The summed E-state index contributed by atoms with van der Waals surface area (Å²) in [6.07, 6.45) is 17.3. The van der Waals surface area contributed by atoms with E-state index in [0.29, 0.717) is 64.3 Å². The van der Waals surface area contributed by atoms with Crippen LogP contribution in [-0.2, 0) is 0 Å². The zero-order chi connectivity index (χ0) is 41.4. The average molecular weight is 853 g/mol. The first-order valence-electron chi connectivity index (χ1n) is 19.7. The first kappa shape index (κ1) is 40.7. The minimum Gasteiger partial charge on any atom is -0.367 e. The zero-order valence-corrected chi connectivity index (χ0v) is 33.9. The van der Waals surface area contributed by atoms with Crippen molar-refractivity contribution >= 4 is 62.9 Å². The molecule has 0 saturated carbocycles. The number of nitrogens with one attached hydrogen (secondary N) is 4. The number of pyridine rings is 2. The van der Waals surface area contributed by atoms with Crippen LogP contribution in [0.1, 0.15) is 32.1 Å². The maximum Gasteiger partial charge on any atom is 0.225 e. The number of rotatable bonds is 11. The molecule has 0 bridgehead atoms. The second kappa shape index (κ2) is 18.9. The van der Waals surface area contributed by atoms with Crippen molar-refractivity contribution in [2.24, 2.45) is 11.8 Å². The highest BCUT2D eigenvalue weighted by Crippen LogP contribution is 2.30. The fourth-order valence-corrected chi connectivity index (χ4v) is 7.96. The summed E-state index contributed by atoms with van der Waals surface area (Å²) in [5, 5.41) is 17.7. The van der Waals surface area contributed by atoms with Gasteiger partial charge in [-0.1, -0.05) is 23.2 Å². The number of fused-ring (bicyclic) bond motifs is 2. The van der Waals surface area contributed by atoms with Crippen LogP contribution in [0.4, 0.5) is 26.4 Å². The number of likely N-dealkylation sites (tertiary alicyclic amines) is 1. The third kappa shape index (κ3) is 9.68. The molecular weight excluding hydrogens is 811 g/mol. The van der Waals surface area contributed by atoms with E-state index in [1.165, 1.54) is 12.4 Å².